The Morgan fingerprint density at radius 3 is 1.52 bits per heavy atom. The van der Waals surface area contributed by atoms with E-state index in [1.807, 2.05) is 61.5 Å². The molecular weight excluding hydrogens is 388 g/mol. The third-order valence-electron chi connectivity index (χ3n) is 5.55. The minimum Gasteiger partial charge on any atom is -0.373 e. The summed E-state index contributed by atoms with van der Waals surface area (Å²) in [6.45, 7) is 4.06. The van der Waals surface area contributed by atoms with E-state index in [0.717, 1.165) is 16.7 Å². The van der Waals surface area contributed by atoms with Crippen molar-refractivity contribution >= 4 is 0 Å². The summed E-state index contributed by atoms with van der Waals surface area (Å²) in [5, 5.41) is 0. The highest BCUT2D eigenvalue weighted by molar-refractivity contribution is 5.15. The molecule has 0 amide bonds. The van der Waals surface area contributed by atoms with Crippen LogP contribution in [0.15, 0.2) is 91.0 Å². The summed E-state index contributed by atoms with van der Waals surface area (Å²) in [6, 6.07) is 30.6. The Bertz CT molecular complexity index is 885. The molecule has 0 aliphatic carbocycles. The lowest BCUT2D eigenvalue weighted by Gasteiger charge is -2.41. The standard InChI is InChI=1S/C27H30O4/c1-21-26(30-18-23-13-7-3-8-14-23)27(31-19-24-15-9-4-10-16-24)25(20-28-21)29-17-22-11-5-2-6-12-22/h2-16,21,25-27H,17-20H2,1H3/t21-,25+,26-,27-/m0/s1. The number of hydrogen-bond acceptors (Lipinski definition) is 4. The van der Waals surface area contributed by atoms with Crippen molar-refractivity contribution in [3.63, 3.8) is 0 Å². The highest BCUT2D eigenvalue weighted by Gasteiger charge is 2.41. The van der Waals surface area contributed by atoms with Gasteiger partial charge in [-0.2, -0.15) is 0 Å². The lowest BCUT2D eigenvalue weighted by molar-refractivity contribution is -0.234. The van der Waals surface area contributed by atoms with Crippen LogP contribution in [0.5, 0.6) is 0 Å². The number of ether oxygens (including phenoxy) is 4. The molecule has 0 saturated carbocycles. The Hall–Kier alpha value is -2.50. The van der Waals surface area contributed by atoms with E-state index in [1.165, 1.54) is 0 Å². The molecule has 1 aliphatic rings. The fourth-order valence-corrected chi connectivity index (χ4v) is 3.80. The van der Waals surface area contributed by atoms with Gasteiger partial charge < -0.3 is 18.9 Å². The van der Waals surface area contributed by atoms with Crippen molar-refractivity contribution in [2.45, 2.75) is 51.2 Å². The van der Waals surface area contributed by atoms with E-state index in [4.69, 9.17) is 18.9 Å². The van der Waals surface area contributed by atoms with Gasteiger partial charge in [0.2, 0.25) is 0 Å². The summed E-state index contributed by atoms with van der Waals surface area (Å²) in [4.78, 5) is 0. The van der Waals surface area contributed by atoms with Crippen LogP contribution in [0.3, 0.4) is 0 Å². The van der Waals surface area contributed by atoms with Crippen molar-refractivity contribution in [1.82, 2.24) is 0 Å². The van der Waals surface area contributed by atoms with Crippen molar-refractivity contribution in [2.75, 3.05) is 6.61 Å². The third kappa shape index (κ3) is 6.25. The molecule has 3 aromatic rings. The smallest absolute Gasteiger partial charge is 0.115 e. The van der Waals surface area contributed by atoms with Gasteiger partial charge >= 0.3 is 0 Å². The van der Waals surface area contributed by atoms with E-state index < -0.39 is 0 Å². The van der Waals surface area contributed by atoms with Crippen LogP contribution in [0.1, 0.15) is 23.6 Å². The number of hydrogen-bond donors (Lipinski definition) is 0. The van der Waals surface area contributed by atoms with Gasteiger partial charge in [0.15, 0.2) is 0 Å². The maximum absolute atomic E-state index is 6.41. The van der Waals surface area contributed by atoms with Gasteiger partial charge in [0.25, 0.3) is 0 Å². The average Bonchev–Trinajstić information content (AvgIpc) is 2.83. The van der Waals surface area contributed by atoms with E-state index in [0.29, 0.717) is 26.4 Å². The number of benzene rings is 3. The zero-order valence-corrected chi connectivity index (χ0v) is 17.9. The first-order valence-electron chi connectivity index (χ1n) is 10.9. The lowest BCUT2D eigenvalue weighted by atomic mass is 10.00. The van der Waals surface area contributed by atoms with Crippen LogP contribution in [0, 0.1) is 0 Å². The Morgan fingerprint density at radius 1 is 0.613 bits per heavy atom. The Balaban J connectivity index is 1.46. The summed E-state index contributed by atoms with van der Waals surface area (Å²) in [5.74, 6) is 0. The van der Waals surface area contributed by atoms with Crippen LogP contribution in [0.25, 0.3) is 0 Å². The summed E-state index contributed by atoms with van der Waals surface area (Å²) in [7, 11) is 0. The van der Waals surface area contributed by atoms with Crippen LogP contribution in [-0.4, -0.2) is 31.0 Å². The SMILES string of the molecule is C[C@@H]1OC[C@@H](OCc2ccccc2)[C@H](OCc2ccccc2)[C@H]1OCc1ccccc1. The predicted molar refractivity (Wildman–Crippen MR) is 120 cm³/mol. The van der Waals surface area contributed by atoms with Gasteiger partial charge in [-0.25, -0.2) is 0 Å². The Labute approximate surface area is 184 Å². The van der Waals surface area contributed by atoms with Crippen LogP contribution in [-0.2, 0) is 38.8 Å². The minimum absolute atomic E-state index is 0.0824. The zero-order chi connectivity index (χ0) is 21.3. The Morgan fingerprint density at radius 2 is 1.03 bits per heavy atom. The normalized spacial score (nSPS) is 23.5. The van der Waals surface area contributed by atoms with Gasteiger partial charge in [-0.3, -0.25) is 0 Å². The second-order valence-corrected chi connectivity index (χ2v) is 7.90. The van der Waals surface area contributed by atoms with E-state index >= 15 is 0 Å². The summed E-state index contributed by atoms with van der Waals surface area (Å²) in [5.41, 5.74) is 3.39. The van der Waals surface area contributed by atoms with E-state index in [1.54, 1.807) is 0 Å². The molecule has 1 heterocycles. The molecule has 1 aliphatic heterocycles. The maximum atomic E-state index is 6.41. The fraction of sp³-hybridized carbons (Fsp3) is 0.333. The van der Waals surface area contributed by atoms with Crippen molar-refractivity contribution in [1.29, 1.82) is 0 Å². The van der Waals surface area contributed by atoms with Gasteiger partial charge in [-0.05, 0) is 23.6 Å². The number of rotatable bonds is 9. The molecule has 3 aromatic carbocycles. The molecule has 4 nitrogen and oxygen atoms in total. The van der Waals surface area contributed by atoms with E-state index in [9.17, 15) is 0 Å². The lowest BCUT2D eigenvalue weighted by Crippen LogP contribution is -2.55. The molecule has 0 spiro atoms. The monoisotopic (exact) mass is 418 g/mol. The first-order chi connectivity index (χ1) is 15.3. The van der Waals surface area contributed by atoms with Crippen molar-refractivity contribution < 1.29 is 18.9 Å². The molecular formula is C27H30O4. The maximum Gasteiger partial charge on any atom is 0.115 e. The molecule has 0 unspecified atom stereocenters. The topological polar surface area (TPSA) is 36.9 Å². The molecule has 4 atom stereocenters. The minimum atomic E-state index is -0.226. The molecule has 31 heavy (non-hydrogen) atoms. The quantitative estimate of drug-likeness (QED) is 0.481. The second-order valence-electron chi connectivity index (χ2n) is 7.90. The van der Waals surface area contributed by atoms with Gasteiger partial charge in [0.05, 0.1) is 32.5 Å². The molecule has 0 radical (unpaired) electrons. The fourth-order valence-electron chi connectivity index (χ4n) is 3.80. The molecule has 0 aromatic heterocycles. The van der Waals surface area contributed by atoms with Gasteiger partial charge in [-0.1, -0.05) is 91.0 Å². The first kappa shape index (κ1) is 21.7. The molecule has 4 rings (SSSR count). The molecule has 4 heteroatoms. The highest BCUT2D eigenvalue weighted by atomic mass is 16.6. The third-order valence-corrected chi connectivity index (χ3v) is 5.55. The van der Waals surface area contributed by atoms with Crippen molar-refractivity contribution in [3.8, 4) is 0 Å². The predicted octanol–water partition coefficient (Wildman–Crippen LogP) is 5.16. The Kier molecular flexibility index (Phi) is 7.86. The van der Waals surface area contributed by atoms with Crippen LogP contribution < -0.4 is 0 Å². The molecule has 162 valence electrons. The van der Waals surface area contributed by atoms with E-state index in [-0.39, 0.29) is 24.4 Å². The van der Waals surface area contributed by atoms with Crippen LogP contribution in [0.2, 0.25) is 0 Å². The molecule has 0 N–H and O–H groups in total. The summed E-state index contributed by atoms with van der Waals surface area (Å²) in [6.07, 6.45) is -0.739. The summed E-state index contributed by atoms with van der Waals surface area (Å²) < 4.78 is 25.0. The first-order valence-corrected chi connectivity index (χ1v) is 10.9. The van der Waals surface area contributed by atoms with Crippen LogP contribution >= 0.6 is 0 Å². The molecule has 0 bridgehead atoms. The highest BCUT2D eigenvalue weighted by Crippen LogP contribution is 2.26. The average molecular weight is 419 g/mol. The van der Waals surface area contributed by atoms with E-state index in [2.05, 4.69) is 36.4 Å². The largest absolute Gasteiger partial charge is 0.373 e. The molecule has 1 fully saturated rings. The summed E-state index contributed by atoms with van der Waals surface area (Å²) >= 11 is 0. The second kappa shape index (κ2) is 11.2. The van der Waals surface area contributed by atoms with Crippen molar-refractivity contribution in [2.24, 2.45) is 0 Å². The van der Waals surface area contributed by atoms with Gasteiger partial charge in [-0.15, -0.1) is 0 Å². The zero-order valence-electron chi connectivity index (χ0n) is 17.9. The van der Waals surface area contributed by atoms with Gasteiger partial charge in [0, 0.05) is 0 Å². The molecule has 1 saturated heterocycles. The van der Waals surface area contributed by atoms with Gasteiger partial charge in [0.1, 0.15) is 18.3 Å². The van der Waals surface area contributed by atoms with Crippen LogP contribution in [0.4, 0.5) is 0 Å². The van der Waals surface area contributed by atoms with Crippen molar-refractivity contribution in [3.05, 3.63) is 108 Å².